The number of nitrogens with one attached hydrogen (secondary N) is 2. The first-order valence-corrected chi connectivity index (χ1v) is 7.11. The molecule has 2 aromatic rings. The van der Waals surface area contributed by atoms with Gasteiger partial charge in [0.25, 0.3) is 0 Å². The van der Waals surface area contributed by atoms with Crippen LogP contribution in [0.5, 0.6) is 0 Å². The first-order chi connectivity index (χ1) is 10.1. The Labute approximate surface area is 123 Å². The van der Waals surface area contributed by atoms with Gasteiger partial charge in [-0.15, -0.1) is 10.2 Å². The molecule has 0 bridgehead atoms. The molecule has 0 radical (unpaired) electrons. The molecule has 1 aromatic heterocycles. The molecule has 0 saturated carbocycles. The number of aryl methyl sites for hydroxylation is 1. The molecule has 2 heterocycles. The molecule has 2 unspecified atom stereocenters. The molecule has 2 N–H and O–H groups in total. The van der Waals surface area contributed by atoms with Gasteiger partial charge in [0.15, 0.2) is 5.82 Å². The lowest BCUT2D eigenvalue weighted by Gasteiger charge is -2.14. The average molecular weight is 285 g/mol. The van der Waals surface area contributed by atoms with Crippen LogP contribution in [0.1, 0.15) is 6.92 Å². The molecule has 0 spiro atoms. The van der Waals surface area contributed by atoms with Crippen LogP contribution in [-0.2, 0) is 11.8 Å². The number of carbonyl (C=O) groups is 1. The van der Waals surface area contributed by atoms with Gasteiger partial charge in [-0.25, -0.2) is 0 Å². The van der Waals surface area contributed by atoms with Crippen LogP contribution < -0.4 is 10.6 Å². The molecule has 0 aliphatic carbocycles. The van der Waals surface area contributed by atoms with E-state index in [1.54, 1.807) is 6.33 Å². The molecule has 1 amide bonds. The zero-order chi connectivity index (χ0) is 14.8. The second-order valence-corrected chi connectivity index (χ2v) is 5.57. The van der Waals surface area contributed by atoms with Crippen molar-refractivity contribution in [2.75, 3.05) is 18.4 Å². The van der Waals surface area contributed by atoms with Crippen LogP contribution in [0.3, 0.4) is 0 Å². The van der Waals surface area contributed by atoms with Crippen LogP contribution in [0.15, 0.2) is 30.6 Å². The lowest BCUT2D eigenvalue weighted by molar-refractivity contribution is -0.120. The molecule has 6 heteroatoms. The minimum absolute atomic E-state index is 0.0448. The highest BCUT2D eigenvalue weighted by Gasteiger charge is 2.29. The number of benzene rings is 1. The first kappa shape index (κ1) is 13.8. The summed E-state index contributed by atoms with van der Waals surface area (Å²) >= 11 is 0. The summed E-state index contributed by atoms with van der Waals surface area (Å²) in [6.07, 6.45) is 1.67. The molecule has 1 saturated heterocycles. The van der Waals surface area contributed by atoms with E-state index in [9.17, 15) is 4.79 Å². The predicted octanol–water partition coefficient (Wildman–Crippen LogP) is 1.28. The maximum absolute atomic E-state index is 12.2. The van der Waals surface area contributed by atoms with Gasteiger partial charge < -0.3 is 15.2 Å². The smallest absolute Gasteiger partial charge is 0.229 e. The van der Waals surface area contributed by atoms with Gasteiger partial charge in [0.05, 0.1) is 5.92 Å². The highest BCUT2D eigenvalue weighted by atomic mass is 16.1. The third-order valence-corrected chi connectivity index (χ3v) is 3.98. The van der Waals surface area contributed by atoms with Gasteiger partial charge in [-0.1, -0.05) is 6.92 Å². The van der Waals surface area contributed by atoms with Crippen LogP contribution in [0.25, 0.3) is 11.4 Å². The van der Waals surface area contributed by atoms with E-state index in [1.807, 2.05) is 35.9 Å². The summed E-state index contributed by atoms with van der Waals surface area (Å²) in [4.78, 5) is 12.2. The number of amides is 1. The van der Waals surface area contributed by atoms with E-state index in [-0.39, 0.29) is 11.8 Å². The van der Waals surface area contributed by atoms with E-state index in [4.69, 9.17) is 0 Å². The highest BCUT2D eigenvalue weighted by molar-refractivity contribution is 5.93. The van der Waals surface area contributed by atoms with Crippen molar-refractivity contribution in [3.05, 3.63) is 30.6 Å². The van der Waals surface area contributed by atoms with E-state index in [1.165, 1.54) is 0 Å². The van der Waals surface area contributed by atoms with Gasteiger partial charge in [0, 0.05) is 24.8 Å². The van der Waals surface area contributed by atoms with Crippen molar-refractivity contribution >= 4 is 11.6 Å². The number of aromatic nitrogens is 3. The van der Waals surface area contributed by atoms with E-state index in [2.05, 4.69) is 27.8 Å². The average Bonchev–Trinajstić information content (AvgIpc) is 3.08. The Morgan fingerprint density at radius 3 is 2.67 bits per heavy atom. The molecule has 1 aliphatic heterocycles. The minimum atomic E-state index is 0.0448. The number of nitrogens with zero attached hydrogens (tertiary/aromatic N) is 3. The van der Waals surface area contributed by atoms with Gasteiger partial charge in [-0.05, 0) is 36.7 Å². The SMILES string of the molecule is CC1CNCC1C(=O)Nc1ccc(-c2nncn2C)cc1. The van der Waals surface area contributed by atoms with E-state index < -0.39 is 0 Å². The maximum atomic E-state index is 12.2. The van der Waals surface area contributed by atoms with E-state index in [0.717, 1.165) is 30.2 Å². The third-order valence-electron chi connectivity index (χ3n) is 3.98. The zero-order valence-corrected chi connectivity index (χ0v) is 12.2. The lowest BCUT2D eigenvalue weighted by atomic mass is 9.97. The van der Waals surface area contributed by atoms with Crippen molar-refractivity contribution < 1.29 is 4.79 Å². The highest BCUT2D eigenvalue weighted by Crippen LogP contribution is 2.21. The third kappa shape index (κ3) is 2.80. The minimum Gasteiger partial charge on any atom is -0.326 e. The van der Waals surface area contributed by atoms with Crippen molar-refractivity contribution in [3.8, 4) is 11.4 Å². The summed E-state index contributed by atoms with van der Waals surface area (Å²) in [5.41, 5.74) is 1.79. The summed E-state index contributed by atoms with van der Waals surface area (Å²) < 4.78 is 1.86. The van der Waals surface area contributed by atoms with Gasteiger partial charge in [0.2, 0.25) is 5.91 Å². The van der Waals surface area contributed by atoms with Crippen molar-refractivity contribution in [2.24, 2.45) is 18.9 Å². The standard InChI is InChI=1S/C15H19N5O/c1-10-7-16-8-13(10)15(21)18-12-5-3-11(4-6-12)14-19-17-9-20(14)2/h3-6,9-10,13,16H,7-8H2,1-2H3,(H,18,21). The zero-order valence-electron chi connectivity index (χ0n) is 12.2. The van der Waals surface area contributed by atoms with Crippen LogP contribution in [0.4, 0.5) is 5.69 Å². The first-order valence-electron chi connectivity index (χ1n) is 7.11. The molecule has 1 aromatic carbocycles. The molecule has 2 atom stereocenters. The topological polar surface area (TPSA) is 71.8 Å². The molecule has 3 rings (SSSR count). The van der Waals surface area contributed by atoms with Crippen LogP contribution in [0, 0.1) is 11.8 Å². The largest absolute Gasteiger partial charge is 0.326 e. The summed E-state index contributed by atoms with van der Waals surface area (Å²) in [5.74, 6) is 1.31. The second kappa shape index (κ2) is 5.65. The Hall–Kier alpha value is -2.21. The summed E-state index contributed by atoms with van der Waals surface area (Å²) in [7, 11) is 1.90. The summed E-state index contributed by atoms with van der Waals surface area (Å²) in [6.45, 7) is 3.76. The normalized spacial score (nSPS) is 21.4. The number of rotatable bonds is 3. The number of anilines is 1. The molecule has 1 fully saturated rings. The second-order valence-electron chi connectivity index (χ2n) is 5.57. The quantitative estimate of drug-likeness (QED) is 0.891. The molecular weight excluding hydrogens is 266 g/mol. The number of hydrogen-bond acceptors (Lipinski definition) is 4. The van der Waals surface area contributed by atoms with Gasteiger partial charge in [-0.3, -0.25) is 4.79 Å². The van der Waals surface area contributed by atoms with Gasteiger partial charge in [0.1, 0.15) is 6.33 Å². The fourth-order valence-electron chi connectivity index (χ4n) is 2.64. The van der Waals surface area contributed by atoms with E-state index in [0.29, 0.717) is 5.92 Å². The van der Waals surface area contributed by atoms with Crippen LogP contribution in [0.2, 0.25) is 0 Å². The van der Waals surface area contributed by atoms with Crippen LogP contribution in [-0.4, -0.2) is 33.8 Å². The Kier molecular flexibility index (Phi) is 3.70. The molecular formula is C15H19N5O. The summed E-state index contributed by atoms with van der Waals surface area (Å²) in [5, 5.41) is 14.2. The molecule has 110 valence electrons. The summed E-state index contributed by atoms with van der Waals surface area (Å²) in [6, 6.07) is 7.68. The van der Waals surface area contributed by atoms with Crippen molar-refractivity contribution in [1.29, 1.82) is 0 Å². The fraction of sp³-hybridized carbons (Fsp3) is 0.400. The molecule has 21 heavy (non-hydrogen) atoms. The van der Waals surface area contributed by atoms with Crippen molar-refractivity contribution in [3.63, 3.8) is 0 Å². The Bertz CT molecular complexity index is 634. The Morgan fingerprint density at radius 1 is 1.33 bits per heavy atom. The predicted molar refractivity (Wildman–Crippen MR) is 80.6 cm³/mol. The van der Waals surface area contributed by atoms with Crippen LogP contribution >= 0.6 is 0 Å². The number of carbonyl (C=O) groups excluding carboxylic acids is 1. The van der Waals surface area contributed by atoms with Gasteiger partial charge in [-0.2, -0.15) is 0 Å². The Morgan fingerprint density at radius 2 is 2.10 bits per heavy atom. The monoisotopic (exact) mass is 285 g/mol. The number of hydrogen-bond donors (Lipinski definition) is 2. The molecule has 6 nitrogen and oxygen atoms in total. The Balaban J connectivity index is 1.70. The molecule has 1 aliphatic rings. The maximum Gasteiger partial charge on any atom is 0.229 e. The van der Waals surface area contributed by atoms with Crippen molar-refractivity contribution in [2.45, 2.75) is 6.92 Å². The fourth-order valence-corrected chi connectivity index (χ4v) is 2.64. The van der Waals surface area contributed by atoms with Crippen molar-refractivity contribution in [1.82, 2.24) is 20.1 Å². The van der Waals surface area contributed by atoms with E-state index >= 15 is 0 Å². The lowest BCUT2D eigenvalue weighted by Crippen LogP contribution is -2.27. The van der Waals surface area contributed by atoms with Gasteiger partial charge >= 0.3 is 0 Å².